The number of fused-ring (bicyclic) bond motifs is 3. The Morgan fingerprint density at radius 1 is 1.03 bits per heavy atom. The van der Waals surface area contributed by atoms with Gasteiger partial charge in [-0.2, -0.15) is 8.78 Å². The second kappa shape index (κ2) is 7.17. The zero-order valence-electron chi connectivity index (χ0n) is 18.3. The zero-order chi connectivity index (χ0) is 21.8. The van der Waals surface area contributed by atoms with Crippen molar-refractivity contribution in [2.75, 3.05) is 14.1 Å². The molecule has 0 unspecified atom stereocenters. The average molecular weight is 425 g/mol. The standard InChI is InChI=1S/C25H28F2NOSi/c1-25(2,3)28(4,5)30(29)18-13-12-16-8-6-10-19-22(21(16)15-18)14-17-9-7-11-20(23(17)19)24(26)27/h6-7,9-10,12-14H,8,11,15H2,1-5H3/q+1. The van der Waals surface area contributed by atoms with Gasteiger partial charge < -0.3 is 8.61 Å². The fourth-order valence-corrected chi connectivity index (χ4v) is 6.18. The van der Waals surface area contributed by atoms with Crippen LogP contribution in [0.25, 0.3) is 0 Å². The van der Waals surface area contributed by atoms with Crippen molar-refractivity contribution >= 4 is 8.84 Å². The van der Waals surface area contributed by atoms with Gasteiger partial charge in [0.25, 0.3) is 6.08 Å². The number of quaternary nitrogens is 1. The highest BCUT2D eigenvalue weighted by molar-refractivity contribution is 6.44. The first-order valence-electron chi connectivity index (χ1n) is 10.4. The van der Waals surface area contributed by atoms with Crippen molar-refractivity contribution in [3.8, 4) is 0 Å². The van der Waals surface area contributed by atoms with E-state index in [-0.39, 0.29) is 17.5 Å². The lowest BCUT2D eigenvalue weighted by Crippen LogP contribution is -2.60. The molecular formula is C25H28F2NOSi+. The van der Waals surface area contributed by atoms with Crippen molar-refractivity contribution in [1.29, 1.82) is 0 Å². The van der Waals surface area contributed by atoms with Crippen molar-refractivity contribution in [3.05, 3.63) is 92.8 Å². The fraction of sp³-hybridized carbons (Fsp3) is 0.360. The number of nitrogens with zero attached hydrogens (tertiary/aromatic N) is 1. The third-order valence-electron chi connectivity index (χ3n) is 6.94. The molecule has 0 atom stereocenters. The highest BCUT2D eigenvalue weighted by atomic mass is 28.3. The molecule has 0 bridgehead atoms. The van der Waals surface area contributed by atoms with Crippen molar-refractivity contribution in [1.82, 2.24) is 0 Å². The van der Waals surface area contributed by atoms with Crippen molar-refractivity contribution < 1.29 is 17.4 Å². The van der Waals surface area contributed by atoms with Crippen molar-refractivity contribution in [2.45, 2.75) is 45.6 Å². The highest BCUT2D eigenvalue weighted by Crippen LogP contribution is 2.47. The Morgan fingerprint density at radius 2 is 1.73 bits per heavy atom. The number of allylic oxidation sites excluding steroid dienone is 15. The molecular weight excluding hydrogens is 396 g/mol. The molecule has 0 spiro atoms. The van der Waals surface area contributed by atoms with Gasteiger partial charge in [-0.05, 0) is 73.1 Å². The normalized spacial score (nSPS) is 20.9. The zero-order valence-corrected chi connectivity index (χ0v) is 19.3. The molecule has 156 valence electrons. The van der Waals surface area contributed by atoms with Crippen LogP contribution in [0.1, 0.15) is 40.0 Å². The van der Waals surface area contributed by atoms with Gasteiger partial charge in [0.2, 0.25) is 0 Å². The molecule has 5 heteroatoms. The van der Waals surface area contributed by atoms with E-state index in [0.29, 0.717) is 16.1 Å². The Bertz CT molecular complexity index is 1090. The molecule has 0 aromatic heterocycles. The van der Waals surface area contributed by atoms with E-state index in [1.54, 1.807) is 6.08 Å². The highest BCUT2D eigenvalue weighted by Gasteiger charge is 2.44. The minimum atomic E-state index is -2.09. The topological polar surface area (TPSA) is 17.1 Å². The van der Waals surface area contributed by atoms with E-state index < -0.39 is 14.9 Å². The first-order valence-corrected chi connectivity index (χ1v) is 11.7. The summed E-state index contributed by atoms with van der Waals surface area (Å²) in [4.78, 5) is 0. The molecule has 0 aromatic rings. The van der Waals surface area contributed by atoms with Gasteiger partial charge in [0, 0.05) is 17.2 Å². The van der Waals surface area contributed by atoms with Crippen LogP contribution >= 0.6 is 0 Å². The molecule has 0 saturated carbocycles. The Morgan fingerprint density at radius 3 is 2.40 bits per heavy atom. The molecule has 0 radical (unpaired) electrons. The maximum atomic E-state index is 13.6. The van der Waals surface area contributed by atoms with E-state index in [1.165, 1.54) is 5.57 Å². The molecule has 0 saturated heterocycles. The predicted octanol–water partition coefficient (Wildman–Crippen LogP) is 6.18. The largest absolute Gasteiger partial charge is 0.587 e. The summed E-state index contributed by atoms with van der Waals surface area (Å²) in [6, 6.07) is 0. The van der Waals surface area contributed by atoms with Gasteiger partial charge in [-0.1, -0.05) is 36.5 Å². The van der Waals surface area contributed by atoms with Crippen LogP contribution in [-0.4, -0.2) is 32.6 Å². The SMILES string of the molecule is CC(C)(C)[N+](C)(C)[Si](=O)C1=CC=C2CC=CC3=C4C(=CC3=C2C1)C=CCC4=C(F)F. The molecule has 0 N–H and O–H groups in total. The summed E-state index contributed by atoms with van der Waals surface area (Å²) in [5.74, 6) is 0. The quantitative estimate of drug-likeness (QED) is 0.484. The number of halogens is 2. The van der Waals surface area contributed by atoms with Gasteiger partial charge in [-0.3, -0.25) is 0 Å². The summed E-state index contributed by atoms with van der Waals surface area (Å²) >= 11 is 0. The molecule has 30 heavy (non-hydrogen) atoms. The smallest absolute Gasteiger partial charge is 0.325 e. The Hall–Kier alpha value is -2.24. The van der Waals surface area contributed by atoms with Gasteiger partial charge in [0.1, 0.15) is 0 Å². The summed E-state index contributed by atoms with van der Waals surface area (Å²) < 4.78 is 41.3. The third kappa shape index (κ3) is 3.24. The van der Waals surface area contributed by atoms with Crippen LogP contribution in [0.2, 0.25) is 0 Å². The van der Waals surface area contributed by atoms with Gasteiger partial charge in [-0.15, -0.1) is 0 Å². The maximum Gasteiger partial charge on any atom is 0.587 e. The molecule has 4 aliphatic rings. The van der Waals surface area contributed by atoms with Crippen LogP contribution in [-0.2, 0) is 4.46 Å². The number of hydrogen-bond donors (Lipinski definition) is 0. The van der Waals surface area contributed by atoms with E-state index in [0.717, 1.165) is 33.9 Å². The molecule has 0 heterocycles. The third-order valence-corrected chi connectivity index (χ3v) is 9.52. The van der Waals surface area contributed by atoms with Crippen LogP contribution in [0.5, 0.6) is 0 Å². The lowest BCUT2D eigenvalue weighted by Gasteiger charge is -2.41. The fourth-order valence-electron chi connectivity index (χ4n) is 4.30. The molecule has 4 aliphatic carbocycles. The van der Waals surface area contributed by atoms with Crippen molar-refractivity contribution in [2.24, 2.45) is 0 Å². The summed E-state index contributed by atoms with van der Waals surface area (Å²) in [5, 5.41) is 0.952. The van der Waals surface area contributed by atoms with Gasteiger partial charge >= 0.3 is 8.84 Å². The summed E-state index contributed by atoms with van der Waals surface area (Å²) in [5.41, 5.74) is 5.67. The lowest BCUT2D eigenvalue weighted by molar-refractivity contribution is -0.837. The Labute approximate surface area is 179 Å². The second-order valence-electron chi connectivity index (χ2n) is 9.72. The van der Waals surface area contributed by atoms with Crippen LogP contribution < -0.4 is 0 Å². The Kier molecular flexibility index (Phi) is 5.02. The monoisotopic (exact) mass is 424 g/mol. The first-order chi connectivity index (χ1) is 14.0. The summed E-state index contributed by atoms with van der Waals surface area (Å²) in [6.45, 7) is 6.33. The minimum absolute atomic E-state index is 0.122. The summed E-state index contributed by atoms with van der Waals surface area (Å²) in [7, 11) is 1.96. The average Bonchev–Trinajstić information content (AvgIpc) is 2.95. The van der Waals surface area contributed by atoms with E-state index >= 15 is 0 Å². The van der Waals surface area contributed by atoms with E-state index in [4.69, 9.17) is 0 Å². The van der Waals surface area contributed by atoms with Crippen molar-refractivity contribution in [3.63, 3.8) is 0 Å². The predicted molar refractivity (Wildman–Crippen MR) is 118 cm³/mol. The molecule has 0 aliphatic heterocycles. The molecule has 0 aromatic carbocycles. The summed E-state index contributed by atoms with van der Waals surface area (Å²) in [6.07, 6.45) is 13.9. The molecule has 4 rings (SSSR count). The first kappa shape index (κ1) is 21.0. The molecule has 0 amide bonds. The number of hydrogen-bond acceptors (Lipinski definition) is 1. The van der Waals surface area contributed by atoms with Crippen LogP contribution in [0, 0.1) is 0 Å². The second-order valence-corrected chi connectivity index (χ2v) is 12.1. The van der Waals surface area contributed by atoms with Crippen LogP contribution in [0.3, 0.4) is 0 Å². The van der Waals surface area contributed by atoms with E-state index in [9.17, 15) is 13.2 Å². The number of rotatable bonds is 2. The van der Waals surface area contributed by atoms with Gasteiger partial charge in [0.05, 0.1) is 19.6 Å². The maximum absolute atomic E-state index is 13.6. The van der Waals surface area contributed by atoms with Gasteiger partial charge in [-0.25, -0.2) is 0 Å². The van der Waals surface area contributed by atoms with Crippen LogP contribution in [0.4, 0.5) is 8.78 Å². The van der Waals surface area contributed by atoms with Crippen LogP contribution in [0.15, 0.2) is 92.8 Å². The van der Waals surface area contributed by atoms with E-state index in [2.05, 4.69) is 32.9 Å². The Balaban J connectivity index is 1.83. The lowest BCUT2D eigenvalue weighted by atomic mass is 9.89. The van der Waals surface area contributed by atoms with E-state index in [1.807, 2.05) is 38.4 Å². The minimum Gasteiger partial charge on any atom is -0.325 e. The molecule has 0 fully saturated rings. The van der Waals surface area contributed by atoms with Gasteiger partial charge in [0.15, 0.2) is 0 Å². The molecule has 2 nitrogen and oxygen atoms in total.